The van der Waals surface area contributed by atoms with Gasteiger partial charge in [-0.2, -0.15) is 13.2 Å². The fourth-order valence-electron chi connectivity index (χ4n) is 3.63. The molecule has 1 heterocycles. The van der Waals surface area contributed by atoms with Gasteiger partial charge in [0.15, 0.2) is 9.84 Å². The van der Waals surface area contributed by atoms with Gasteiger partial charge in [0.1, 0.15) is 0 Å². The first-order chi connectivity index (χ1) is 11.2. The van der Waals surface area contributed by atoms with Gasteiger partial charge in [-0.15, -0.1) is 0 Å². The molecule has 1 saturated carbocycles. The summed E-state index contributed by atoms with van der Waals surface area (Å²) < 4.78 is 62.7. The zero-order valence-electron chi connectivity index (χ0n) is 13.6. The predicted molar refractivity (Wildman–Crippen MR) is 84.3 cm³/mol. The largest absolute Gasteiger partial charge is 0.392 e. The Kier molecular flexibility index (Phi) is 6.39. The lowest BCUT2D eigenvalue weighted by molar-refractivity contribution is -0.195. The van der Waals surface area contributed by atoms with Gasteiger partial charge >= 0.3 is 12.2 Å². The second-order valence-corrected chi connectivity index (χ2v) is 9.17. The van der Waals surface area contributed by atoms with E-state index in [0.29, 0.717) is 25.7 Å². The van der Waals surface area contributed by atoms with E-state index in [-0.39, 0.29) is 25.3 Å². The van der Waals surface area contributed by atoms with Crippen molar-refractivity contribution in [1.82, 2.24) is 10.6 Å². The van der Waals surface area contributed by atoms with Crippen LogP contribution in [0.4, 0.5) is 18.0 Å². The number of alkyl halides is 3. The van der Waals surface area contributed by atoms with Crippen LogP contribution in [0.15, 0.2) is 0 Å². The SMILES string of the molecule is O=C(NCC1CCCCS1(=O)=O)NC[C@H]1CCCC[C@H]1C(F)(F)F. The molecule has 0 aromatic heterocycles. The molecule has 5 nitrogen and oxygen atoms in total. The van der Waals surface area contributed by atoms with Gasteiger partial charge in [0, 0.05) is 13.1 Å². The van der Waals surface area contributed by atoms with E-state index in [9.17, 15) is 26.4 Å². The summed E-state index contributed by atoms with van der Waals surface area (Å²) in [6.45, 7) is -0.0189. The van der Waals surface area contributed by atoms with E-state index < -0.39 is 39.1 Å². The van der Waals surface area contributed by atoms with E-state index in [0.717, 1.165) is 12.8 Å². The molecule has 2 rings (SSSR count). The van der Waals surface area contributed by atoms with E-state index in [4.69, 9.17) is 0 Å². The van der Waals surface area contributed by atoms with Crippen LogP contribution in [-0.4, -0.2) is 44.7 Å². The lowest BCUT2D eigenvalue weighted by Crippen LogP contribution is -2.46. The first kappa shape index (κ1) is 19.3. The second-order valence-electron chi connectivity index (χ2n) is 6.77. The number of carbonyl (C=O) groups is 1. The number of nitrogens with one attached hydrogen (secondary N) is 2. The maximum absolute atomic E-state index is 13.0. The number of halogens is 3. The molecule has 9 heteroatoms. The molecule has 140 valence electrons. The van der Waals surface area contributed by atoms with Crippen LogP contribution in [0.25, 0.3) is 0 Å². The molecule has 1 aliphatic carbocycles. The molecule has 0 bridgehead atoms. The molecule has 2 amide bonds. The average molecular weight is 370 g/mol. The molecule has 0 aromatic rings. The smallest absolute Gasteiger partial charge is 0.338 e. The van der Waals surface area contributed by atoms with E-state index in [2.05, 4.69) is 10.6 Å². The summed E-state index contributed by atoms with van der Waals surface area (Å²) in [5.41, 5.74) is 0. The summed E-state index contributed by atoms with van der Waals surface area (Å²) in [6, 6.07) is -0.595. The molecule has 0 radical (unpaired) electrons. The molecule has 24 heavy (non-hydrogen) atoms. The van der Waals surface area contributed by atoms with E-state index in [1.807, 2.05) is 0 Å². The van der Waals surface area contributed by atoms with Gasteiger partial charge in [0.25, 0.3) is 0 Å². The van der Waals surface area contributed by atoms with Crippen LogP contribution in [0.2, 0.25) is 0 Å². The highest BCUT2D eigenvalue weighted by molar-refractivity contribution is 7.92. The van der Waals surface area contributed by atoms with Crippen molar-refractivity contribution in [3.05, 3.63) is 0 Å². The van der Waals surface area contributed by atoms with Crippen molar-refractivity contribution in [2.24, 2.45) is 11.8 Å². The molecular formula is C15H25F3N2O3S. The van der Waals surface area contributed by atoms with Crippen LogP contribution < -0.4 is 10.6 Å². The molecule has 2 fully saturated rings. The predicted octanol–water partition coefficient (Wildman–Crippen LogP) is 2.62. The van der Waals surface area contributed by atoms with Crippen molar-refractivity contribution in [2.45, 2.75) is 56.4 Å². The highest BCUT2D eigenvalue weighted by Gasteiger charge is 2.45. The molecule has 0 spiro atoms. The number of hydrogen-bond donors (Lipinski definition) is 2. The van der Waals surface area contributed by atoms with Gasteiger partial charge in [-0.1, -0.05) is 19.3 Å². The monoisotopic (exact) mass is 370 g/mol. The molecule has 0 aromatic carbocycles. The molecule has 2 N–H and O–H groups in total. The maximum atomic E-state index is 13.0. The highest BCUT2D eigenvalue weighted by Crippen LogP contribution is 2.41. The third kappa shape index (κ3) is 5.26. The van der Waals surface area contributed by atoms with Crippen LogP contribution >= 0.6 is 0 Å². The number of urea groups is 1. The average Bonchev–Trinajstić information content (AvgIpc) is 2.51. The Morgan fingerprint density at radius 3 is 2.25 bits per heavy atom. The summed E-state index contributed by atoms with van der Waals surface area (Å²) in [7, 11) is -3.17. The Morgan fingerprint density at radius 1 is 0.958 bits per heavy atom. The van der Waals surface area contributed by atoms with Crippen molar-refractivity contribution < 1.29 is 26.4 Å². The minimum absolute atomic E-state index is 0.0154. The van der Waals surface area contributed by atoms with Gasteiger partial charge in [-0.25, -0.2) is 13.2 Å². The van der Waals surface area contributed by atoms with Crippen molar-refractivity contribution in [3.63, 3.8) is 0 Å². The Morgan fingerprint density at radius 2 is 1.58 bits per heavy atom. The minimum Gasteiger partial charge on any atom is -0.338 e. The lowest BCUT2D eigenvalue weighted by atomic mass is 9.79. The van der Waals surface area contributed by atoms with E-state index >= 15 is 0 Å². The van der Waals surface area contributed by atoms with Gasteiger partial charge < -0.3 is 10.6 Å². The molecule has 2 aliphatic rings. The standard InChI is InChI=1S/C15H25F3N2O3S/c16-15(17,18)13-7-2-1-5-11(13)9-19-14(21)20-10-12-6-3-4-8-24(12,22)23/h11-13H,1-10H2,(H2,19,20,21)/t11-,12?,13-/m1/s1. The normalized spacial score (nSPS) is 30.5. The molecule has 1 unspecified atom stereocenters. The summed E-state index contributed by atoms with van der Waals surface area (Å²) in [6.07, 6.45) is -0.415. The zero-order chi connectivity index (χ0) is 17.8. The van der Waals surface area contributed by atoms with Crippen LogP contribution in [0.5, 0.6) is 0 Å². The highest BCUT2D eigenvalue weighted by atomic mass is 32.2. The maximum Gasteiger partial charge on any atom is 0.392 e. The van der Waals surface area contributed by atoms with Crippen LogP contribution in [0.3, 0.4) is 0 Å². The van der Waals surface area contributed by atoms with Crippen LogP contribution in [0.1, 0.15) is 44.9 Å². The van der Waals surface area contributed by atoms with Gasteiger partial charge in [0.05, 0.1) is 16.9 Å². The fourth-order valence-corrected chi connectivity index (χ4v) is 5.43. The van der Waals surface area contributed by atoms with Gasteiger partial charge in [-0.05, 0) is 31.6 Å². The van der Waals surface area contributed by atoms with Crippen LogP contribution in [-0.2, 0) is 9.84 Å². The van der Waals surface area contributed by atoms with Gasteiger partial charge in [0.2, 0.25) is 0 Å². The van der Waals surface area contributed by atoms with Crippen molar-refractivity contribution in [2.75, 3.05) is 18.8 Å². The van der Waals surface area contributed by atoms with E-state index in [1.165, 1.54) is 0 Å². The van der Waals surface area contributed by atoms with E-state index in [1.54, 1.807) is 0 Å². The van der Waals surface area contributed by atoms with Crippen molar-refractivity contribution in [1.29, 1.82) is 0 Å². The quantitative estimate of drug-likeness (QED) is 0.799. The Hall–Kier alpha value is -0.990. The molecular weight excluding hydrogens is 345 g/mol. The number of rotatable bonds is 4. The number of amides is 2. The molecule has 3 atom stereocenters. The topological polar surface area (TPSA) is 75.3 Å². The first-order valence-electron chi connectivity index (χ1n) is 8.50. The second kappa shape index (κ2) is 7.93. The minimum atomic E-state index is -4.24. The third-order valence-electron chi connectivity index (χ3n) is 5.06. The zero-order valence-corrected chi connectivity index (χ0v) is 14.4. The Bertz CT molecular complexity index is 537. The number of hydrogen-bond acceptors (Lipinski definition) is 3. The number of carbonyl (C=O) groups excluding carboxylic acids is 1. The first-order valence-corrected chi connectivity index (χ1v) is 10.2. The fraction of sp³-hybridized carbons (Fsp3) is 0.933. The lowest BCUT2D eigenvalue weighted by Gasteiger charge is -2.33. The number of sulfone groups is 1. The Balaban J connectivity index is 1.78. The molecule has 1 saturated heterocycles. The molecule has 1 aliphatic heterocycles. The van der Waals surface area contributed by atoms with Crippen LogP contribution in [0, 0.1) is 11.8 Å². The third-order valence-corrected chi connectivity index (χ3v) is 7.33. The Labute approximate surface area is 140 Å². The summed E-state index contributed by atoms with van der Waals surface area (Å²) in [4.78, 5) is 11.8. The van der Waals surface area contributed by atoms with Gasteiger partial charge in [-0.3, -0.25) is 0 Å². The van der Waals surface area contributed by atoms with Crippen molar-refractivity contribution in [3.8, 4) is 0 Å². The summed E-state index contributed by atoms with van der Waals surface area (Å²) in [5, 5.41) is 4.38. The summed E-state index contributed by atoms with van der Waals surface area (Å²) in [5.74, 6) is -1.84. The van der Waals surface area contributed by atoms with Crippen molar-refractivity contribution >= 4 is 15.9 Å². The summed E-state index contributed by atoms with van der Waals surface area (Å²) >= 11 is 0.